The fourth-order valence-electron chi connectivity index (χ4n) is 4.20. The van der Waals surface area contributed by atoms with Gasteiger partial charge < -0.3 is 5.32 Å². The van der Waals surface area contributed by atoms with Gasteiger partial charge in [0.15, 0.2) is 5.82 Å². The normalized spacial score (nSPS) is 14.2. The topological polar surface area (TPSA) is 90.0 Å². The summed E-state index contributed by atoms with van der Waals surface area (Å²) in [5.74, 6) is 7.82. The highest BCUT2D eigenvalue weighted by molar-refractivity contribution is 7.15. The maximum absolute atomic E-state index is 12.6. The molecular formula is C26H24ClN7OS. The third kappa shape index (κ3) is 4.45. The fourth-order valence-corrected chi connectivity index (χ4v) is 5.55. The van der Waals surface area contributed by atoms with Crippen molar-refractivity contribution in [2.24, 2.45) is 12.0 Å². The summed E-state index contributed by atoms with van der Waals surface area (Å²) in [6.07, 6.45) is 3.80. The van der Waals surface area contributed by atoms with Crippen LogP contribution in [-0.4, -0.2) is 42.7 Å². The van der Waals surface area contributed by atoms with Gasteiger partial charge in [0.05, 0.1) is 28.8 Å². The van der Waals surface area contributed by atoms with Crippen molar-refractivity contribution in [2.45, 2.75) is 33.2 Å². The second kappa shape index (κ2) is 9.72. The van der Waals surface area contributed by atoms with Crippen molar-refractivity contribution in [1.82, 2.24) is 29.9 Å². The molecule has 1 aliphatic rings. The van der Waals surface area contributed by atoms with E-state index in [1.54, 1.807) is 22.2 Å². The molecule has 0 saturated heterocycles. The highest BCUT2D eigenvalue weighted by atomic mass is 35.5. The van der Waals surface area contributed by atoms with Gasteiger partial charge in [-0.1, -0.05) is 35.6 Å². The maximum Gasteiger partial charge on any atom is 0.222 e. The van der Waals surface area contributed by atoms with Gasteiger partial charge in [-0.25, -0.2) is 0 Å². The first-order chi connectivity index (χ1) is 17.4. The lowest BCUT2D eigenvalue weighted by Gasteiger charge is -2.12. The summed E-state index contributed by atoms with van der Waals surface area (Å²) in [4.78, 5) is 18.7. The molecule has 1 amide bonds. The van der Waals surface area contributed by atoms with Gasteiger partial charge in [0.2, 0.25) is 5.91 Å². The zero-order valence-electron chi connectivity index (χ0n) is 20.3. The number of nitrogens with zero attached hydrogens (tertiary/aromatic N) is 6. The summed E-state index contributed by atoms with van der Waals surface area (Å²) in [7, 11) is 1.87. The predicted molar refractivity (Wildman–Crippen MR) is 141 cm³/mol. The van der Waals surface area contributed by atoms with Crippen LogP contribution in [-0.2, 0) is 11.8 Å². The Morgan fingerprint density at radius 3 is 2.67 bits per heavy atom. The number of benzene rings is 1. The molecular weight excluding hydrogens is 494 g/mol. The molecule has 5 rings (SSSR count). The number of carbonyl (C=O) groups is 1. The summed E-state index contributed by atoms with van der Waals surface area (Å²) >= 11 is 7.76. The molecule has 4 heterocycles. The van der Waals surface area contributed by atoms with Crippen LogP contribution in [0.5, 0.6) is 0 Å². The summed E-state index contributed by atoms with van der Waals surface area (Å²) in [5, 5.41) is 17.5. The molecule has 3 aromatic heterocycles. The molecule has 0 radical (unpaired) electrons. The molecule has 1 N–H and O–H groups in total. The number of carbonyl (C=O) groups excluding carboxylic acids is 1. The van der Waals surface area contributed by atoms with Crippen LogP contribution < -0.4 is 5.32 Å². The first kappa shape index (κ1) is 24.0. The van der Waals surface area contributed by atoms with Crippen LogP contribution in [0.4, 0.5) is 0 Å². The van der Waals surface area contributed by atoms with E-state index in [1.807, 2.05) is 55.9 Å². The number of halogens is 1. The molecule has 1 aromatic carbocycles. The third-order valence-corrected chi connectivity index (χ3v) is 7.34. The SMILES string of the molecule is CCNC(=O)C[C@@H]1N=C(c2ccc(Cl)cc2)c2c(sc(C#Cc3cnn(C)c3)c2C)-n2c(C)nnc21. The standard InChI is InChI=1S/C26H24ClN7OS/c1-5-28-22(35)12-20-25-32-31-16(3)34(25)26-23(24(30-20)18-7-9-19(27)10-8-18)15(2)21(36-26)11-6-17-13-29-33(4)14-17/h7-10,13-14,20H,5,12H2,1-4H3,(H,28,35)/t20-/m0/s1. The van der Waals surface area contributed by atoms with E-state index in [2.05, 4.69) is 39.4 Å². The van der Waals surface area contributed by atoms with Gasteiger partial charge in [-0.05, 0) is 38.5 Å². The van der Waals surface area contributed by atoms with Gasteiger partial charge in [0, 0.05) is 35.9 Å². The zero-order valence-corrected chi connectivity index (χ0v) is 21.9. The van der Waals surface area contributed by atoms with Crippen LogP contribution in [0.3, 0.4) is 0 Å². The summed E-state index contributed by atoms with van der Waals surface area (Å²) in [6.45, 7) is 6.41. The number of hydrogen-bond donors (Lipinski definition) is 1. The largest absolute Gasteiger partial charge is 0.356 e. The van der Waals surface area contributed by atoms with Crippen LogP contribution in [0.1, 0.15) is 58.2 Å². The molecule has 0 unspecified atom stereocenters. The van der Waals surface area contributed by atoms with E-state index in [4.69, 9.17) is 16.6 Å². The Morgan fingerprint density at radius 2 is 1.97 bits per heavy atom. The Bertz CT molecular complexity index is 1550. The molecule has 1 aliphatic heterocycles. The van der Waals surface area contributed by atoms with Gasteiger partial charge in [-0.2, -0.15) is 5.10 Å². The van der Waals surface area contributed by atoms with E-state index in [9.17, 15) is 4.79 Å². The Morgan fingerprint density at radius 1 is 1.19 bits per heavy atom. The van der Waals surface area contributed by atoms with Crippen molar-refractivity contribution in [3.05, 3.63) is 80.5 Å². The van der Waals surface area contributed by atoms with E-state index < -0.39 is 6.04 Å². The van der Waals surface area contributed by atoms with Crippen molar-refractivity contribution in [1.29, 1.82) is 0 Å². The van der Waals surface area contributed by atoms with E-state index in [1.165, 1.54) is 0 Å². The number of aryl methyl sites for hydroxylation is 2. The summed E-state index contributed by atoms with van der Waals surface area (Å²) in [5.41, 5.74) is 4.50. The second-order valence-electron chi connectivity index (χ2n) is 8.49. The predicted octanol–water partition coefficient (Wildman–Crippen LogP) is 4.15. The average Bonchev–Trinajstić information content (AvgIpc) is 3.50. The molecule has 36 heavy (non-hydrogen) atoms. The van der Waals surface area contributed by atoms with Crippen LogP contribution in [0.15, 0.2) is 41.7 Å². The van der Waals surface area contributed by atoms with Gasteiger partial charge in [0.1, 0.15) is 16.9 Å². The Kier molecular flexibility index (Phi) is 6.48. The highest BCUT2D eigenvalue weighted by Crippen LogP contribution is 2.39. The van der Waals surface area contributed by atoms with Crippen LogP contribution in [0.2, 0.25) is 5.02 Å². The summed E-state index contributed by atoms with van der Waals surface area (Å²) < 4.78 is 3.74. The van der Waals surface area contributed by atoms with Crippen molar-refractivity contribution >= 4 is 34.6 Å². The smallest absolute Gasteiger partial charge is 0.222 e. The number of nitrogens with one attached hydrogen (secondary N) is 1. The number of aliphatic imine (C=N–C) groups is 1. The average molecular weight is 518 g/mol. The van der Waals surface area contributed by atoms with E-state index in [-0.39, 0.29) is 12.3 Å². The van der Waals surface area contributed by atoms with Gasteiger partial charge >= 0.3 is 0 Å². The van der Waals surface area contributed by atoms with E-state index in [0.717, 1.165) is 43.7 Å². The molecule has 10 heteroatoms. The molecule has 8 nitrogen and oxygen atoms in total. The molecule has 0 spiro atoms. The van der Waals surface area contributed by atoms with Crippen molar-refractivity contribution in [3.63, 3.8) is 0 Å². The molecule has 1 atom stereocenters. The van der Waals surface area contributed by atoms with Gasteiger partial charge in [-0.15, -0.1) is 21.5 Å². The molecule has 0 saturated carbocycles. The van der Waals surface area contributed by atoms with E-state index in [0.29, 0.717) is 17.4 Å². The number of rotatable bonds is 4. The minimum absolute atomic E-state index is 0.0843. The molecule has 0 bridgehead atoms. The highest BCUT2D eigenvalue weighted by Gasteiger charge is 2.32. The maximum atomic E-state index is 12.6. The minimum atomic E-state index is -0.493. The van der Waals surface area contributed by atoms with Crippen LogP contribution in [0.25, 0.3) is 5.00 Å². The lowest BCUT2D eigenvalue weighted by Crippen LogP contribution is -2.25. The Hall–Kier alpha value is -3.74. The van der Waals surface area contributed by atoms with Gasteiger partial charge in [-0.3, -0.25) is 19.0 Å². The zero-order chi connectivity index (χ0) is 25.4. The molecule has 182 valence electrons. The Labute approximate surface area is 218 Å². The van der Waals surface area contributed by atoms with Gasteiger partial charge in [0.25, 0.3) is 0 Å². The van der Waals surface area contributed by atoms with Crippen LogP contribution >= 0.6 is 22.9 Å². The number of aromatic nitrogens is 5. The fraction of sp³-hybridized carbons (Fsp3) is 0.269. The number of amides is 1. The van der Waals surface area contributed by atoms with Crippen molar-refractivity contribution in [3.8, 4) is 16.8 Å². The molecule has 0 fully saturated rings. The number of hydrogen-bond acceptors (Lipinski definition) is 6. The molecule has 0 aliphatic carbocycles. The van der Waals surface area contributed by atoms with Crippen molar-refractivity contribution < 1.29 is 4.79 Å². The third-order valence-electron chi connectivity index (χ3n) is 5.90. The van der Waals surface area contributed by atoms with Crippen LogP contribution in [0, 0.1) is 25.7 Å². The van der Waals surface area contributed by atoms with E-state index >= 15 is 0 Å². The monoisotopic (exact) mass is 517 g/mol. The van der Waals surface area contributed by atoms with Crippen molar-refractivity contribution in [2.75, 3.05) is 6.54 Å². The number of fused-ring (bicyclic) bond motifs is 3. The second-order valence-corrected chi connectivity index (χ2v) is 9.92. The first-order valence-electron chi connectivity index (χ1n) is 11.5. The lowest BCUT2D eigenvalue weighted by atomic mass is 9.99. The lowest BCUT2D eigenvalue weighted by molar-refractivity contribution is -0.121. The minimum Gasteiger partial charge on any atom is -0.356 e. The quantitative estimate of drug-likeness (QED) is 0.412. The first-order valence-corrected chi connectivity index (χ1v) is 12.7. The number of thiophene rings is 1. The summed E-state index contributed by atoms with van der Waals surface area (Å²) in [6, 6.07) is 7.10. The Balaban J connectivity index is 1.72. The molecule has 4 aromatic rings.